The Kier molecular flexibility index (Phi) is 1.85. The summed E-state index contributed by atoms with van der Waals surface area (Å²) in [5.74, 6) is 1.94. The van der Waals surface area contributed by atoms with Gasteiger partial charge in [0.2, 0.25) is 0 Å². The van der Waals surface area contributed by atoms with Gasteiger partial charge in [0.15, 0.2) is 5.82 Å². The Morgan fingerprint density at radius 2 is 2.40 bits per heavy atom. The highest BCUT2D eigenvalue weighted by atomic mass is 15.3. The lowest BCUT2D eigenvalue weighted by atomic mass is 10.1. The normalized spacial score (nSPS) is 20.2. The number of hydrogen-bond acceptors (Lipinski definition) is 3. The van der Waals surface area contributed by atoms with Crippen molar-refractivity contribution in [3.05, 3.63) is 24.2 Å². The predicted octanol–water partition coefficient (Wildman–Crippen LogP) is 0.547. The zero-order valence-corrected chi connectivity index (χ0v) is 8.35. The Bertz CT molecular complexity index is 456. The molecular formula is C10H13N5. The summed E-state index contributed by atoms with van der Waals surface area (Å²) in [5.41, 5.74) is 6.95. The average molecular weight is 203 g/mol. The molecule has 1 aliphatic rings. The van der Waals surface area contributed by atoms with E-state index < -0.39 is 0 Å². The lowest BCUT2D eigenvalue weighted by molar-refractivity contribution is 0.456. The molecule has 2 aromatic heterocycles. The smallest absolute Gasteiger partial charge is 0.180 e. The van der Waals surface area contributed by atoms with Crippen LogP contribution in [0.3, 0.4) is 0 Å². The number of aromatic amines is 1. The second-order valence-electron chi connectivity index (χ2n) is 3.93. The molecule has 0 fully saturated rings. The van der Waals surface area contributed by atoms with Crippen LogP contribution in [0.1, 0.15) is 12.2 Å². The lowest BCUT2D eigenvalue weighted by Crippen LogP contribution is -2.32. The van der Waals surface area contributed by atoms with Crippen molar-refractivity contribution in [1.82, 2.24) is 19.7 Å². The standard InChI is InChI=1S/C10H13N5/c11-7-3-4-9-13-14-10(15(9)6-7)8-2-1-5-12-8/h1-2,5,7,12H,3-4,6,11H2. The van der Waals surface area contributed by atoms with Crippen molar-refractivity contribution in [2.75, 3.05) is 0 Å². The van der Waals surface area contributed by atoms with Gasteiger partial charge >= 0.3 is 0 Å². The molecule has 1 unspecified atom stereocenters. The number of nitrogens with one attached hydrogen (secondary N) is 1. The predicted molar refractivity (Wildman–Crippen MR) is 56.1 cm³/mol. The van der Waals surface area contributed by atoms with Gasteiger partial charge in [-0.2, -0.15) is 0 Å². The molecule has 0 bridgehead atoms. The van der Waals surface area contributed by atoms with Crippen molar-refractivity contribution in [3.8, 4) is 11.5 Å². The van der Waals surface area contributed by atoms with Crippen molar-refractivity contribution in [3.63, 3.8) is 0 Å². The molecule has 78 valence electrons. The first-order valence-corrected chi connectivity index (χ1v) is 5.16. The van der Waals surface area contributed by atoms with E-state index in [4.69, 9.17) is 5.73 Å². The second-order valence-corrected chi connectivity index (χ2v) is 3.93. The van der Waals surface area contributed by atoms with Gasteiger partial charge in [0, 0.05) is 25.2 Å². The molecule has 0 spiro atoms. The van der Waals surface area contributed by atoms with Crippen LogP contribution in [0.2, 0.25) is 0 Å². The average Bonchev–Trinajstić information content (AvgIpc) is 2.83. The van der Waals surface area contributed by atoms with Crippen LogP contribution in [0.15, 0.2) is 18.3 Å². The van der Waals surface area contributed by atoms with Gasteiger partial charge in [0.1, 0.15) is 5.82 Å². The summed E-state index contributed by atoms with van der Waals surface area (Å²) >= 11 is 0. The molecule has 3 rings (SSSR count). The minimum Gasteiger partial charge on any atom is -0.359 e. The third-order valence-corrected chi connectivity index (χ3v) is 2.82. The molecule has 3 heterocycles. The number of hydrogen-bond donors (Lipinski definition) is 2. The fourth-order valence-electron chi connectivity index (χ4n) is 2.02. The first-order chi connectivity index (χ1) is 7.34. The zero-order valence-electron chi connectivity index (χ0n) is 8.35. The Morgan fingerprint density at radius 3 is 3.20 bits per heavy atom. The van der Waals surface area contributed by atoms with Crippen LogP contribution in [0.4, 0.5) is 0 Å². The number of nitrogens with two attached hydrogens (primary N) is 1. The SMILES string of the molecule is NC1CCc2nnc(-c3ccc[nH]3)n2C1. The maximum atomic E-state index is 5.94. The molecule has 1 atom stereocenters. The molecule has 0 aliphatic carbocycles. The highest BCUT2D eigenvalue weighted by Gasteiger charge is 2.21. The monoisotopic (exact) mass is 203 g/mol. The van der Waals surface area contributed by atoms with E-state index in [0.29, 0.717) is 0 Å². The molecule has 5 nitrogen and oxygen atoms in total. The van der Waals surface area contributed by atoms with E-state index in [-0.39, 0.29) is 6.04 Å². The minimum absolute atomic E-state index is 0.224. The quantitative estimate of drug-likeness (QED) is 0.710. The van der Waals surface area contributed by atoms with Crippen molar-refractivity contribution < 1.29 is 0 Å². The highest BCUT2D eigenvalue weighted by molar-refractivity contribution is 5.49. The maximum absolute atomic E-state index is 5.94. The van der Waals surface area contributed by atoms with E-state index >= 15 is 0 Å². The van der Waals surface area contributed by atoms with E-state index in [1.807, 2.05) is 18.3 Å². The molecule has 5 heteroatoms. The molecule has 0 amide bonds. The van der Waals surface area contributed by atoms with E-state index in [1.54, 1.807) is 0 Å². The van der Waals surface area contributed by atoms with Crippen molar-refractivity contribution in [2.45, 2.75) is 25.4 Å². The van der Waals surface area contributed by atoms with Gasteiger partial charge < -0.3 is 15.3 Å². The van der Waals surface area contributed by atoms with Gasteiger partial charge in [-0.1, -0.05) is 0 Å². The fourth-order valence-corrected chi connectivity index (χ4v) is 2.02. The van der Waals surface area contributed by atoms with Crippen LogP contribution in [0, 0.1) is 0 Å². The molecule has 3 N–H and O–H groups in total. The van der Waals surface area contributed by atoms with Crippen LogP contribution >= 0.6 is 0 Å². The second kappa shape index (κ2) is 3.20. The molecule has 0 saturated carbocycles. The number of nitrogens with zero attached hydrogens (tertiary/aromatic N) is 3. The largest absolute Gasteiger partial charge is 0.359 e. The Morgan fingerprint density at radius 1 is 1.47 bits per heavy atom. The van der Waals surface area contributed by atoms with E-state index in [2.05, 4.69) is 19.7 Å². The topological polar surface area (TPSA) is 72.5 Å². The van der Waals surface area contributed by atoms with E-state index in [1.165, 1.54) is 0 Å². The molecule has 15 heavy (non-hydrogen) atoms. The summed E-state index contributed by atoms with van der Waals surface area (Å²) < 4.78 is 2.11. The highest BCUT2D eigenvalue weighted by Crippen LogP contribution is 2.20. The van der Waals surface area contributed by atoms with Gasteiger partial charge in [-0.15, -0.1) is 10.2 Å². The number of aryl methyl sites for hydroxylation is 1. The number of fused-ring (bicyclic) bond motifs is 1. The molecular weight excluding hydrogens is 190 g/mol. The van der Waals surface area contributed by atoms with E-state index in [0.717, 1.165) is 36.7 Å². The summed E-state index contributed by atoms with van der Waals surface area (Å²) in [6.45, 7) is 0.816. The van der Waals surface area contributed by atoms with Crippen LogP contribution in [0.25, 0.3) is 11.5 Å². The van der Waals surface area contributed by atoms with Gasteiger partial charge in [0.25, 0.3) is 0 Å². The number of rotatable bonds is 1. The molecule has 0 aromatic carbocycles. The van der Waals surface area contributed by atoms with Crippen molar-refractivity contribution in [1.29, 1.82) is 0 Å². The maximum Gasteiger partial charge on any atom is 0.180 e. The van der Waals surface area contributed by atoms with Gasteiger partial charge in [-0.3, -0.25) is 0 Å². The van der Waals surface area contributed by atoms with Crippen LogP contribution in [0.5, 0.6) is 0 Å². The molecule has 0 saturated heterocycles. The number of H-pyrrole nitrogens is 1. The Labute approximate surface area is 87.3 Å². The van der Waals surface area contributed by atoms with Gasteiger partial charge in [-0.05, 0) is 18.6 Å². The fraction of sp³-hybridized carbons (Fsp3) is 0.400. The summed E-state index contributed by atoms with van der Waals surface area (Å²) in [6, 6.07) is 4.18. The lowest BCUT2D eigenvalue weighted by Gasteiger charge is -2.20. The molecule has 2 aromatic rings. The first kappa shape index (κ1) is 8.67. The Hall–Kier alpha value is -1.62. The summed E-state index contributed by atoms with van der Waals surface area (Å²) in [7, 11) is 0. The summed E-state index contributed by atoms with van der Waals surface area (Å²) in [4.78, 5) is 3.14. The third kappa shape index (κ3) is 1.35. The van der Waals surface area contributed by atoms with Gasteiger partial charge in [-0.25, -0.2) is 0 Å². The first-order valence-electron chi connectivity index (χ1n) is 5.16. The Balaban J connectivity index is 2.07. The minimum atomic E-state index is 0.224. The van der Waals surface area contributed by atoms with Crippen molar-refractivity contribution in [2.24, 2.45) is 5.73 Å². The zero-order chi connectivity index (χ0) is 10.3. The van der Waals surface area contributed by atoms with Crippen LogP contribution in [-0.2, 0) is 13.0 Å². The van der Waals surface area contributed by atoms with Gasteiger partial charge in [0.05, 0.1) is 5.69 Å². The summed E-state index contributed by atoms with van der Waals surface area (Å²) in [6.07, 6.45) is 3.82. The number of aromatic nitrogens is 4. The van der Waals surface area contributed by atoms with Crippen LogP contribution in [-0.4, -0.2) is 25.8 Å². The van der Waals surface area contributed by atoms with Crippen LogP contribution < -0.4 is 5.73 Å². The molecule has 1 aliphatic heterocycles. The molecule has 0 radical (unpaired) electrons. The third-order valence-electron chi connectivity index (χ3n) is 2.82. The van der Waals surface area contributed by atoms with Crippen molar-refractivity contribution >= 4 is 0 Å². The van der Waals surface area contributed by atoms with E-state index in [9.17, 15) is 0 Å². The summed E-state index contributed by atoms with van der Waals surface area (Å²) in [5, 5.41) is 8.39.